The summed E-state index contributed by atoms with van der Waals surface area (Å²) in [6.07, 6.45) is 5.41. The monoisotopic (exact) mass is 1190 g/mol. The van der Waals surface area contributed by atoms with Crippen LogP contribution in [-0.2, 0) is 42.8 Å². The zero-order chi connectivity index (χ0) is 59.1. The third-order valence-corrected chi connectivity index (χ3v) is 19.4. The van der Waals surface area contributed by atoms with Crippen LogP contribution in [0, 0.1) is 41.9 Å². The number of carbonyl (C=O) groups is 5. The Morgan fingerprint density at radius 3 is 2.36 bits per heavy atom. The molecule has 6 aliphatic rings. The van der Waals surface area contributed by atoms with Crippen LogP contribution < -0.4 is 20.9 Å². The minimum atomic E-state index is -1.10. The number of para-hydroxylation sites is 1. The maximum Gasteiger partial charge on any atom is 0.316 e. The minimum Gasteiger partial charge on any atom is -0.469 e. The standard InChI is InChI=1S/C62H71ClN8O12S/c1-35-9-8-10-42(63)51(35)69-57(75)44-34-65-59(84-44)68-47-33-48(67-37(3)66-47)71-21-19-70(20-22-71)23-26-79-28-30-80-29-27-78-25-18-64-56(74)39-13-11-38(12-14-39)52-40(16-24-81-52)41-31-43-50(36(41)2)62(6)45(32-49(73)77-7)61(5)46(72)15-17-60(4)54(61)53(55(62)82-43)83-58(60)76/h8-17,24,33-34,41,43,45,53-55H,18-23,25-32H2,1-7H3,(H,64,74)(H,69,75)(H,65,66,67,68). The summed E-state index contributed by atoms with van der Waals surface area (Å²) in [6.45, 7) is 18.7. The second kappa shape index (κ2) is 24.3. The highest BCUT2D eigenvalue weighted by molar-refractivity contribution is 7.17. The van der Waals surface area contributed by atoms with E-state index in [4.69, 9.17) is 49.4 Å². The highest BCUT2D eigenvalue weighted by atomic mass is 35.5. The van der Waals surface area contributed by atoms with Crippen LogP contribution in [0.3, 0.4) is 0 Å². The second-order valence-electron chi connectivity index (χ2n) is 23.1. The Hall–Kier alpha value is -6.85. The maximum absolute atomic E-state index is 14.2. The van der Waals surface area contributed by atoms with Crippen molar-refractivity contribution in [3.8, 4) is 11.3 Å². The first kappa shape index (κ1) is 58.9. The van der Waals surface area contributed by atoms with Gasteiger partial charge in [0.25, 0.3) is 11.8 Å². The van der Waals surface area contributed by atoms with Gasteiger partial charge in [-0.25, -0.2) is 15.0 Å². The molecular weight excluding hydrogens is 1120 g/mol. The summed E-state index contributed by atoms with van der Waals surface area (Å²) in [6, 6.07) is 16.6. The number of aryl methyl sites for hydroxylation is 2. The number of carbonyl (C=O) groups excluding carboxylic acids is 5. The number of esters is 2. The van der Waals surface area contributed by atoms with Crippen molar-refractivity contribution >= 4 is 74.9 Å². The molecule has 0 spiro atoms. The molecule has 444 valence electrons. The van der Waals surface area contributed by atoms with Crippen molar-refractivity contribution in [2.75, 3.05) is 102 Å². The summed E-state index contributed by atoms with van der Waals surface area (Å²) in [5.74, 6) is 0.135. The highest BCUT2D eigenvalue weighted by Gasteiger charge is 2.78. The van der Waals surface area contributed by atoms with E-state index in [1.54, 1.807) is 30.5 Å². The number of ketones is 1. The SMILES string of the molecule is COC(=O)CC1C2(C)C3=C(C)C(c4ccoc4-c4ccc(C(=O)NCCOCCOCCOCCN5CCN(c6cc(Nc7ncc(C(=O)Nc8c(C)cccc8Cl)s7)nc(C)n6)CC5)cc4)CC3OC2C2OC(=O)C3(C)C=CC(=O)C1(C)C23. The van der Waals surface area contributed by atoms with Gasteiger partial charge in [0, 0.05) is 84.7 Å². The molecule has 6 heterocycles. The van der Waals surface area contributed by atoms with E-state index in [1.165, 1.54) is 30.7 Å². The molecule has 3 aliphatic carbocycles. The lowest BCUT2D eigenvalue weighted by molar-refractivity contribution is -0.190. The van der Waals surface area contributed by atoms with E-state index in [2.05, 4.69) is 49.6 Å². The molecule has 22 heteroatoms. The van der Waals surface area contributed by atoms with Crippen LogP contribution in [0.2, 0.25) is 5.02 Å². The van der Waals surface area contributed by atoms with Crippen LogP contribution in [0.5, 0.6) is 0 Å². The summed E-state index contributed by atoms with van der Waals surface area (Å²) >= 11 is 7.54. The Bertz CT molecular complexity index is 3380. The van der Waals surface area contributed by atoms with Crippen LogP contribution in [0.1, 0.15) is 83.4 Å². The third kappa shape index (κ3) is 11.1. The number of furan rings is 1. The Morgan fingerprint density at radius 1 is 0.881 bits per heavy atom. The average molecular weight is 1190 g/mol. The lowest BCUT2D eigenvalue weighted by atomic mass is 9.42. The topological polar surface area (TPSA) is 235 Å². The normalized spacial score (nSPS) is 26.9. The van der Waals surface area contributed by atoms with Crippen molar-refractivity contribution in [3.05, 3.63) is 123 Å². The van der Waals surface area contributed by atoms with Gasteiger partial charge in [-0.1, -0.05) is 72.7 Å². The van der Waals surface area contributed by atoms with Crippen LogP contribution >= 0.6 is 22.9 Å². The number of methoxy groups -OCH3 is 1. The fourth-order valence-corrected chi connectivity index (χ4v) is 15.1. The number of piperazine rings is 1. The lowest BCUT2D eigenvalue weighted by Gasteiger charge is -2.59. The Balaban J connectivity index is 0.578. The van der Waals surface area contributed by atoms with Gasteiger partial charge in [-0.15, -0.1) is 0 Å². The van der Waals surface area contributed by atoms with Crippen molar-refractivity contribution in [1.29, 1.82) is 0 Å². The molecule has 2 amide bonds. The first-order valence-electron chi connectivity index (χ1n) is 28.6. The number of benzene rings is 2. The summed E-state index contributed by atoms with van der Waals surface area (Å²) in [5.41, 5.74) is 2.87. The molecule has 3 saturated heterocycles. The van der Waals surface area contributed by atoms with Crippen molar-refractivity contribution in [2.45, 2.75) is 78.6 Å². The average Bonchev–Trinajstić information content (AvgIpc) is 1.48. The fourth-order valence-electron chi connectivity index (χ4n) is 14.1. The molecule has 4 fully saturated rings. The quantitative estimate of drug-likeness (QED) is 0.0334. The molecule has 11 rings (SSSR count). The minimum absolute atomic E-state index is 0.0168. The number of nitrogens with zero attached hydrogens (tertiary/aromatic N) is 5. The van der Waals surface area contributed by atoms with Gasteiger partial charge in [0.05, 0.1) is 87.9 Å². The number of nitrogens with one attached hydrogen (secondary N) is 3. The van der Waals surface area contributed by atoms with Crippen LogP contribution in [-0.4, -0.2) is 154 Å². The summed E-state index contributed by atoms with van der Waals surface area (Å²) in [4.78, 5) is 85.8. The van der Waals surface area contributed by atoms with Gasteiger partial charge in [-0.05, 0) is 81.5 Å². The molecule has 1 saturated carbocycles. The van der Waals surface area contributed by atoms with Gasteiger partial charge >= 0.3 is 11.9 Å². The smallest absolute Gasteiger partial charge is 0.316 e. The number of halogens is 1. The number of rotatable bonds is 22. The molecule has 3 N–H and O–H groups in total. The van der Waals surface area contributed by atoms with Crippen molar-refractivity contribution in [2.24, 2.45) is 28.1 Å². The number of anilines is 4. The number of hydrogen-bond donors (Lipinski definition) is 3. The Kier molecular flexibility index (Phi) is 17.0. The summed E-state index contributed by atoms with van der Waals surface area (Å²) in [7, 11) is 1.35. The summed E-state index contributed by atoms with van der Waals surface area (Å²) < 4.78 is 41.9. The molecule has 9 atom stereocenters. The van der Waals surface area contributed by atoms with E-state index in [-0.39, 0.29) is 42.0 Å². The number of hydrogen-bond acceptors (Lipinski definition) is 19. The van der Waals surface area contributed by atoms with Gasteiger partial charge in [0.1, 0.15) is 40.3 Å². The van der Waals surface area contributed by atoms with E-state index in [0.29, 0.717) is 96.3 Å². The molecule has 20 nitrogen and oxygen atoms in total. The van der Waals surface area contributed by atoms with Gasteiger partial charge in [0.15, 0.2) is 10.9 Å². The van der Waals surface area contributed by atoms with Crippen LogP contribution in [0.15, 0.2) is 94.8 Å². The second-order valence-corrected chi connectivity index (χ2v) is 24.5. The van der Waals surface area contributed by atoms with E-state index in [0.717, 1.165) is 66.4 Å². The fraction of sp³-hybridized carbons (Fsp3) is 0.484. The molecule has 0 bridgehead atoms. The Labute approximate surface area is 497 Å². The Morgan fingerprint density at radius 2 is 1.62 bits per heavy atom. The molecular formula is C62H71ClN8O12S. The van der Waals surface area contributed by atoms with Crippen molar-refractivity contribution < 1.29 is 56.8 Å². The number of fused-ring (bicyclic) bond motifs is 4. The molecule has 3 aliphatic heterocycles. The van der Waals surface area contributed by atoms with Crippen molar-refractivity contribution in [1.82, 2.24) is 25.2 Å². The maximum atomic E-state index is 14.2. The molecule has 9 unspecified atom stereocenters. The predicted octanol–water partition coefficient (Wildman–Crippen LogP) is 8.52. The molecule has 84 heavy (non-hydrogen) atoms. The van der Waals surface area contributed by atoms with E-state index < -0.39 is 46.3 Å². The first-order chi connectivity index (χ1) is 40.4. The molecule has 2 aromatic carbocycles. The number of ether oxygens (including phenoxy) is 6. The largest absolute Gasteiger partial charge is 0.469 e. The zero-order valence-corrected chi connectivity index (χ0v) is 49.9. The lowest BCUT2D eigenvalue weighted by Crippen LogP contribution is -2.66. The third-order valence-electron chi connectivity index (χ3n) is 18.2. The summed E-state index contributed by atoms with van der Waals surface area (Å²) in [5, 5.41) is 10.1. The predicted molar refractivity (Wildman–Crippen MR) is 315 cm³/mol. The van der Waals surface area contributed by atoms with Gasteiger partial charge in [-0.2, -0.15) is 0 Å². The molecule has 0 radical (unpaired) electrons. The highest BCUT2D eigenvalue weighted by Crippen LogP contribution is 2.72. The van der Waals surface area contributed by atoms with Crippen molar-refractivity contribution in [3.63, 3.8) is 0 Å². The first-order valence-corrected chi connectivity index (χ1v) is 29.8. The van der Waals surface area contributed by atoms with Gasteiger partial charge in [0.2, 0.25) is 0 Å². The van der Waals surface area contributed by atoms with Gasteiger partial charge in [-0.3, -0.25) is 28.9 Å². The van der Waals surface area contributed by atoms with Gasteiger partial charge < -0.3 is 53.7 Å². The van der Waals surface area contributed by atoms with E-state index in [9.17, 15) is 24.0 Å². The number of allylic oxidation sites excluding steroid dienone is 2. The van der Waals surface area contributed by atoms with Crippen LogP contribution in [0.25, 0.3) is 11.3 Å². The number of amides is 2. The van der Waals surface area contributed by atoms with Crippen LogP contribution in [0.4, 0.5) is 22.5 Å². The van der Waals surface area contributed by atoms with E-state index >= 15 is 0 Å². The number of aromatic nitrogens is 3. The molecule has 5 aromatic rings. The molecule has 3 aromatic heterocycles. The number of thiazole rings is 1. The zero-order valence-electron chi connectivity index (χ0n) is 48.3. The van der Waals surface area contributed by atoms with E-state index in [1.807, 2.05) is 64.1 Å².